The number of hydrogen-bond acceptors (Lipinski definition) is 0. The zero-order chi connectivity index (χ0) is 33.1. The van der Waals surface area contributed by atoms with Gasteiger partial charge in [-0.15, -0.1) is 0 Å². The molecule has 0 spiro atoms. The third-order valence-corrected chi connectivity index (χ3v) is 69.9. The summed E-state index contributed by atoms with van der Waals surface area (Å²) >= 11 is -3.83. The first-order valence-electron chi connectivity index (χ1n) is 17.5. The normalized spacial score (nSPS) is 17.7. The maximum absolute atomic E-state index is 3.83. The molecule has 0 amide bonds. The molecular formula is C44H54HfSi. The van der Waals surface area contributed by atoms with E-state index < -0.39 is 22.6 Å². The van der Waals surface area contributed by atoms with Crippen molar-refractivity contribution in [3.8, 4) is 22.3 Å². The number of fused-ring (bicyclic) bond motifs is 2. The Labute approximate surface area is 280 Å². The van der Waals surface area contributed by atoms with Crippen molar-refractivity contribution in [2.24, 2.45) is 0 Å². The van der Waals surface area contributed by atoms with E-state index in [-0.39, 0.29) is 10.8 Å². The summed E-state index contributed by atoms with van der Waals surface area (Å²) in [4.78, 5) is 0. The molecule has 0 aromatic heterocycles. The topological polar surface area (TPSA) is 0 Å². The van der Waals surface area contributed by atoms with Crippen LogP contribution in [0.15, 0.2) is 97.1 Å². The standard InChI is InChI=1S/2C19H19.C4H10Si.2CH3.Hf/c2*1-19(2,3)16-10-4-9-15(13-16)18-12-6-8-14-7-5-11-17(14)18;1-3-4-5-2;;;/h2*4-13H,1-3H3;3-4H2,1-2H3;2*1H3;. The van der Waals surface area contributed by atoms with Crippen LogP contribution in [-0.2, 0) is 28.0 Å². The van der Waals surface area contributed by atoms with Gasteiger partial charge in [0.1, 0.15) is 0 Å². The average Bonchev–Trinajstić information content (AvgIpc) is 3.67. The molecular weight excluding hydrogens is 735 g/mol. The second-order valence-corrected chi connectivity index (χ2v) is 64.5. The second kappa shape index (κ2) is 11.8. The number of benzene rings is 4. The van der Waals surface area contributed by atoms with Crippen LogP contribution < -0.4 is 0 Å². The Balaban J connectivity index is 1.51. The van der Waals surface area contributed by atoms with Crippen LogP contribution in [0.1, 0.15) is 95.6 Å². The summed E-state index contributed by atoms with van der Waals surface area (Å²) in [6, 6.07) is 34.3. The molecule has 6 rings (SSSR count). The van der Waals surface area contributed by atoms with Crippen molar-refractivity contribution in [3.05, 3.63) is 130 Å². The maximum atomic E-state index is 2.87. The molecule has 46 heavy (non-hydrogen) atoms. The van der Waals surface area contributed by atoms with Gasteiger partial charge in [0, 0.05) is 0 Å². The van der Waals surface area contributed by atoms with Gasteiger partial charge in [-0.1, -0.05) is 0 Å². The Morgan fingerprint density at radius 1 is 0.609 bits per heavy atom. The van der Waals surface area contributed by atoms with Crippen molar-refractivity contribution in [1.29, 1.82) is 0 Å². The molecule has 2 aliphatic rings. The predicted octanol–water partition coefficient (Wildman–Crippen LogP) is 13.3. The van der Waals surface area contributed by atoms with E-state index in [0.29, 0.717) is 7.35 Å². The Kier molecular flexibility index (Phi) is 8.59. The third kappa shape index (κ3) is 5.56. The molecule has 0 radical (unpaired) electrons. The van der Waals surface area contributed by atoms with Gasteiger partial charge in [0.05, 0.1) is 0 Å². The molecule has 0 heterocycles. The molecule has 238 valence electrons. The van der Waals surface area contributed by atoms with E-state index in [0.717, 1.165) is 0 Å². The van der Waals surface area contributed by atoms with Crippen LogP contribution >= 0.6 is 0 Å². The van der Waals surface area contributed by atoms with Crippen molar-refractivity contribution in [1.82, 2.24) is 0 Å². The summed E-state index contributed by atoms with van der Waals surface area (Å²) in [5.41, 5.74) is 14.0. The number of hydrogen-bond donors (Lipinski definition) is 0. The fourth-order valence-electron chi connectivity index (χ4n) is 8.53. The van der Waals surface area contributed by atoms with E-state index >= 15 is 0 Å². The molecule has 2 unspecified atom stereocenters. The Hall–Kier alpha value is -2.55. The van der Waals surface area contributed by atoms with Crippen molar-refractivity contribution >= 4 is 17.6 Å². The average molecular weight is 789 g/mol. The number of rotatable bonds is 6. The van der Waals surface area contributed by atoms with Crippen LogP contribution in [-0.4, -0.2) is 5.49 Å². The summed E-state index contributed by atoms with van der Waals surface area (Å²) in [7, 11) is 0. The van der Waals surface area contributed by atoms with Gasteiger partial charge in [-0.25, -0.2) is 0 Å². The zero-order valence-corrected chi connectivity index (χ0v) is 34.6. The predicted molar refractivity (Wildman–Crippen MR) is 203 cm³/mol. The van der Waals surface area contributed by atoms with Crippen LogP contribution in [0.4, 0.5) is 0 Å². The van der Waals surface area contributed by atoms with Gasteiger partial charge in [-0.2, -0.15) is 0 Å². The molecule has 0 fully saturated rings. The van der Waals surface area contributed by atoms with E-state index in [1.54, 1.807) is 11.1 Å². The van der Waals surface area contributed by atoms with Gasteiger partial charge in [-0.05, 0) is 0 Å². The van der Waals surface area contributed by atoms with E-state index in [1.165, 1.54) is 57.0 Å². The Bertz CT molecular complexity index is 1820. The zero-order valence-electron chi connectivity index (χ0n) is 30.0. The molecule has 4 aromatic rings. The van der Waals surface area contributed by atoms with Gasteiger partial charge in [0.15, 0.2) is 0 Å². The third-order valence-electron chi connectivity index (χ3n) is 11.8. The molecule has 2 aliphatic carbocycles. The minimum absolute atomic E-state index is 0.129. The molecule has 0 saturated carbocycles. The van der Waals surface area contributed by atoms with Crippen molar-refractivity contribution in [2.75, 3.05) is 0 Å². The van der Waals surface area contributed by atoms with E-state index in [1.807, 2.05) is 0 Å². The van der Waals surface area contributed by atoms with Crippen LogP contribution in [0, 0.1) is 0 Å². The van der Waals surface area contributed by atoms with Crippen molar-refractivity contribution < 1.29 is 17.1 Å². The summed E-state index contributed by atoms with van der Waals surface area (Å²) in [6.07, 6.45) is 11.6. The first kappa shape index (κ1) is 33.4. The summed E-state index contributed by atoms with van der Waals surface area (Å²) in [5, 5.41) is 0. The summed E-state index contributed by atoms with van der Waals surface area (Å²) in [5.74, 6) is 0. The first-order valence-corrected chi connectivity index (χ1v) is 36.4. The Morgan fingerprint density at radius 2 is 1.02 bits per heavy atom. The van der Waals surface area contributed by atoms with Gasteiger partial charge in [-0.3, -0.25) is 0 Å². The van der Waals surface area contributed by atoms with Crippen LogP contribution in [0.25, 0.3) is 34.4 Å². The fraction of sp³-hybridized carbons (Fsp3) is 0.364. The molecule has 2 heteroatoms. The van der Waals surface area contributed by atoms with E-state index in [4.69, 9.17) is 0 Å². The molecule has 2 atom stereocenters. The minimum atomic E-state index is -3.83. The fourth-order valence-corrected chi connectivity index (χ4v) is 52.9. The summed E-state index contributed by atoms with van der Waals surface area (Å²) in [6.45, 7) is 19.0. The molecule has 0 N–H and O–H groups in total. The molecule has 0 saturated heterocycles. The van der Waals surface area contributed by atoms with Crippen LogP contribution in [0.3, 0.4) is 0 Å². The van der Waals surface area contributed by atoms with E-state index in [9.17, 15) is 0 Å². The van der Waals surface area contributed by atoms with Crippen LogP contribution in [0.5, 0.6) is 0 Å². The SMILES string of the molecule is CCC[Si](C)=[Hf]([CH3])([CH3])([CH]1C=Cc2c(-c3cccc(C(C)(C)C)c3)cccc21)[CH]1C=Cc2c(-c3cccc(C(C)(C)C)c3)cccc21. The molecule has 4 aromatic carbocycles. The van der Waals surface area contributed by atoms with Gasteiger partial charge in [0.25, 0.3) is 0 Å². The van der Waals surface area contributed by atoms with E-state index in [2.05, 4.69) is 174 Å². The first-order chi connectivity index (χ1) is 21.6. The Morgan fingerprint density at radius 3 is 1.41 bits per heavy atom. The molecule has 0 aliphatic heterocycles. The van der Waals surface area contributed by atoms with Crippen molar-refractivity contribution in [2.45, 2.75) is 95.0 Å². The summed E-state index contributed by atoms with van der Waals surface area (Å²) < 4.78 is 6.85. The number of allylic oxidation sites excluding steroid dienone is 2. The monoisotopic (exact) mass is 790 g/mol. The van der Waals surface area contributed by atoms with Gasteiger partial charge < -0.3 is 0 Å². The van der Waals surface area contributed by atoms with Crippen molar-refractivity contribution in [3.63, 3.8) is 0 Å². The van der Waals surface area contributed by atoms with Crippen LogP contribution in [0.2, 0.25) is 22.0 Å². The quantitative estimate of drug-likeness (QED) is 0.171. The van der Waals surface area contributed by atoms with Gasteiger partial charge >= 0.3 is 283 Å². The molecule has 0 nitrogen and oxygen atoms in total. The van der Waals surface area contributed by atoms with Gasteiger partial charge in [0.2, 0.25) is 0 Å². The second-order valence-electron chi connectivity index (χ2n) is 17.1. The molecule has 0 bridgehead atoms.